The van der Waals surface area contributed by atoms with Gasteiger partial charge in [-0.15, -0.1) is 0 Å². The maximum Gasteiger partial charge on any atom is 0.248 e. The largest absolute Gasteiger partial charge is 0.495 e. The number of nitrogens with one attached hydrogen (secondary N) is 1. The fraction of sp³-hybridized carbons (Fsp3) is 0.207. The number of methoxy groups -OCH3 is 1. The first kappa shape index (κ1) is 24.1. The van der Waals surface area contributed by atoms with Gasteiger partial charge in [-0.1, -0.05) is 18.2 Å². The molecule has 0 saturated heterocycles. The van der Waals surface area contributed by atoms with E-state index in [9.17, 15) is 9.18 Å². The van der Waals surface area contributed by atoms with E-state index in [2.05, 4.69) is 5.32 Å². The van der Waals surface area contributed by atoms with Crippen LogP contribution in [0.2, 0.25) is 0 Å². The fourth-order valence-electron chi connectivity index (χ4n) is 4.15. The van der Waals surface area contributed by atoms with Gasteiger partial charge in [0, 0.05) is 28.2 Å². The molecule has 1 heterocycles. The zero-order chi connectivity index (χ0) is 25.1. The molecule has 0 fully saturated rings. The first-order valence-corrected chi connectivity index (χ1v) is 11.4. The minimum Gasteiger partial charge on any atom is -0.495 e. The lowest BCUT2D eigenvalue weighted by atomic mass is 9.96. The van der Waals surface area contributed by atoms with E-state index in [-0.39, 0.29) is 11.7 Å². The van der Waals surface area contributed by atoms with Gasteiger partial charge in [0.2, 0.25) is 5.91 Å². The number of carbonyl (C=O) groups excluding carboxylic acids is 1. The summed E-state index contributed by atoms with van der Waals surface area (Å²) >= 11 is 0. The third-order valence-corrected chi connectivity index (χ3v) is 5.87. The van der Waals surface area contributed by atoms with Crippen molar-refractivity contribution in [2.45, 2.75) is 27.7 Å². The number of aryl methyl sites for hydroxylation is 2. The van der Waals surface area contributed by atoms with Crippen LogP contribution < -0.4 is 14.8 Å². The molecule has 0 atom stereocenters. The molecule has 0 aliphatic carbocycles. The van der Waals surface area contributed by atoms with Crippen molar-refractivity contribution in [1.82, 2.24) is 0 Å². The summed E-state index contributed by atoms with van der Waals surface area (Å²) in [6.07, 6.45) is 3.21. The standard InChI is InChI=1S/C29H28FNO4/c1-6-34-28-19(4)29-23(24(16-35-29)20-8-10-21(30)11-9-20)15-22(28)18(3)14-27(32)31-25-13-17(2)7-12-26(25)33-5/h7-16H,6H2,1-5H3,(H,31,32)/b18-14+. The summed E-state index contributed by atoms with van der Waals surface area (Å²) in [7, 11) is 1.57. The molecule has 180 valence electrons. The number of ether oxygens (including phenoxy) is 2. The van der Waals surface area contributed by atoms with Crippen LogP contribution in [0.25, 0.3) is 27.7 Å². The van der Waals surface area contributed by atoms with E-state index in [1.54, 1.807) is 31.6 Å². The number of amides is 1. The van der Waals surface area contributed by atoms with Crippen molar-refractivity contribution in [3.63, 3.8) is 0 Å². The second kappa shape index (κ2) is 10.1. The van der Waals surface area contributed by atoms with E-state index in [0.717, 1.165) is 38.8 Å². The first-order chi connectivity index (χ1) is 16.8. The molecule has 5 nitrogen and oxygen atoms in total. The van der Waals surface area contributed by atoms with Crippen LogP contribution in [-0.4, -0.2) is 19.6 Å². The van der Waals surface area contributed by atoms with Crippen molar-refractivity contribution < 1.29 is 23.1 Å². The lowest BCUT2D eigenvalue weighted by molar-refractivity contribution is -0.111. The molecule has 1 N–H and O–H groups in total. The fourth-order valence-corrected chi connectivity index (χ4v) is 4.15. The third kappa shape index (κ3) is 4.92. The monoisotopic (exact) mass is 473 g/mol. The van der Waals surface area contributed by atoms with Crippen LogP contribution in [0, 0.1) is 19.7 Å². The number of fused-ring (bicyclic) bond motifs is 1. The van der Waals surface area contributed by atoms with E-state index in [1.807, 2.05) is 52.0 Å². The molecule has 4 rings (SSSR count). The van der Waals surface area contributed by atoms with Gasteiger partial charge in [-0.3, -0.25) is 4.79 Å². The van der Waals surface area contributed by atoms with Crippen LogP contribution in [0.5, 0.6) is 11.5 Å². The zero-order valence-electron chi connectivity index (χ0n) is 20.5. The SMILES string of the molecule is CCOc1c(/C(C)=C/C(=O)Nc2cc(C)ccc2OC)cc2c(-c3ccc(F)cc3)coc2c1C. The summed E-state index contributed by atoms with van der Waals surface area (Å²) in [5.41, 5.74) is 6.34. The van der Waals surface area contributed by atoms with Crippen LogP contribution in [-0.2, 0) is 4.79 Å². The van der Waals surface area contributed by atoms with Crippen molar-refractivity contribution in [2.75, 3.05) is 19.0 Å². The number of hydrogen-bond acceptors (Lipinski definition) is 4. The average molecular weight is 474 g/mol. The number of rotatable bonds is 7. The lowest BCUT2D eigenvalue weighted by Crippen LogP contribution is -2.10. The Morgan fingerprint density at radius 1 is 1.11 bits per heavy atom. The van der Waals surface area contributed by atoms with E-state index in [1.165, 1.54) is 12.1 Å². The summed E-state index contributed by atoms with van der Waals surface area (Å²) in [4.78, 5) is 12.9. The van der Waals surface area contributed by atoms with Crippen molar-refractivity contribution in [3.8, 4) is 22.6 Å². The Morgan fingerprint density at radius 3 is 2.54 bits per heavy atom. The van der Waals surface area contributed by atoms with Crippen LogP contribution >= 0.6 is 0 Å². The topological polar surface area (TPSA) is 60.7 Å². The van der Waals surface area contributed by atoms with Crippen molar-refractivity contribution >= 4 is 28.1 Å². The Labute approximate surface area is 204 Å². The second-order valence-electron chi connectivity index (χ2n) is 8.36. The molecule has 4 aromatic rings. The highest BCUT2D eigenvalue weighted by Gasteiger charge is 2.19. The van der Waals surface area contributed by atoms with Gasteiger partial charge in [0.25, 0.3) is 0 Å². The van der Waals surface area contributed by atoms with E-state index < -0.39 is 0 Å². The summed E-state index contributed by atoms with van der Waals surface area (Å²) < 4.78 is 30.7. The van der Waals surface area contributed by atoms with E-state index >= 15 is 0 Å². The Balaban J connectivity index is 1.77. The molecular formula is C29H28FNO4. The number of carbonyl (C=O) groups is 1. The molecule has 0 saturated carbocycles. The third-order valence-electron chi connectivity index (χ3n) is 5.87. The van der Waals surface area contributed by atoms with Crippen molar-refractivity contribution in [2.24, 2.45) is 0 Å². The first-order valence-electron chi connectivity index (χ1n) is 11.4. The van der Waals surface area contributed by atoms with Crippen LogP contribution in [0.3, 0.4) is 0 Å². The summed E-state index contributed by atoms with van der Waals surface area (Å²) in [6.45, 7) is 8.12. The summed E-state index contributed by atoms with van der Waals surface area (Å²) in [5.74, 6) is 0.670. The highest BCUT2D eigenvalue weighted by molar-refractivity contribution is 6.06. The van der Waals surface area contributed by atoms with Gasteiger partial charge in [0.1, 0.15) is 22.9 Å². The van der Waals surface area contributed by atoms with Crippen LogP contribution in [0.1, 0.15) is 30.5 Å². The molecule has 0 unspecified atom stereocenters. The average Bonchev–Trinajstić information content (AvgIpc) is 3.25. The minimum absolute atomic E-state index is 0.280. The molecule has 6 heteroatoms. The quantitative estimate of drug-likeness (QED) is 0.286. The predicted molar refractivity (Wildman–Crippen MR) is 138 cm³/mol. The van der Waals surface area contributed by atoms with Gasteiger partial charge < -0.3 is 19.2 Å². The number of allylic oxidation sites excluding steroid dienone is 1. The predicted octanol–water partition coefficient (Wildman–Crippen LogP) is 7.31. The number of halogens is 1. The van der Waals surface area contributed by atoms with Gasteiger partial charge in [-0.05, 0) is 74.7 Å². The highest BCUT2D eigenvalue weighted by Crippen LogP contribution is 2.41. The second-order valence-corrected chi connectivity index (χ2v) is 8.36. The maximum absolute atomic E-state index is 13.5. The Morgan fingerprint density at radius 2 is 1.86 bits per heavy atom. The van der Waals surface area contributed by atoms with E-state index in [4.69, 9.17) is 13.9 Å². The molecule has 0 bridgehead atoms. The van der Waals surface area contributed by atoms with Gasteiger partial charge in [-0.2, -0.15) is 0 Å². The molecule has 0 aliphatic rings. The molecule has 35 heavy (non-hydrogen) atoms. The Kier molecular flexibility index (Phi) is 6.92. The van der Waals surface area contributed by atoms with Gasteiger partial charge >= 0.3 is 0 Å². The zero-order valence-corrected chi connectivity index (χ0v) is 20.5. The van der Waals surface area contributed by atoms with Crippen molar-refractivity contribution in [3.05, 3.63) is 83.4 Å². The number of anilines is 1. The summed E-state index contributed by atoms with van der Waals surface area (Å²) in [5, 5.41) is 3.77. The van der Waals surface area contributed by atoms with Gasteiger partial charge in [-0.25, -0.2) is 4.39 Å². The van der Waals surface area contributed by atoms with Gasteiger partial charge in [0.05, 0.1) is 25.7 Å². The van der Waals surface area contributed by atoms with Crippen LogP contribution in [0.15, 0.2) is 65.3 Å². The minimum atomic E-state index is -0.299. The molecule has 1 amide bonds. The number of furan rings is 1. The number of hydrogen-bond donors (Lipinski definition) is 1. The maximum atomic E-state index is 13.5. The molecule has 1 aromatic heterocycles. The number of benzene rings is 3. The summed E-state index contributed by atoms with van der Waals surface area (Å²) in [6, 6.07) is 13.8. The van der Waals surface area contributed by atoms with Gasteiger partial charge in [0.15, 0.2) is 0 Å². The highest BCUT2D eigenvalue weighted by atomic mass is 19.1. The Bertz CT molecular complexity index is 1420. The van der Waals surface area contributed by atoms with E-state index in [0.29, 0.717) is 29.4 Å². The molecular weight excluding hydrogens is 445 g/mol. The molecule has 0 aliphatic heterocycles. The Hall–Kier alpha value is -4.06. The normalized spacial score (nSPS) is 11.5. The smallest absolute Gasteiger partial charge is 0.248 e. The molecule has 0 spiro atoms. The molecule has 3 aromatic carbocycles. The van der Waals surface area contributed by atoms with Crippen LogP contribution in [0.4, 0.5) is 10.1 Å². The lowest BCUT2D eigenvalue weighted by Gasteiger charge is -2.15. The van der Waals surface area contributed by atoms with Crippen molar-refractivity contribution in [1.29, 1.82) is 0 Å². The molecule has 0 radical (unpaired) electrons.